The molecule has 1 saturated heterocycles. The molecule has 200 valence electrons. The Bertz CT molecular complexity index is 1100. The third-order valence-electron chi connectivity index (χ3n) is 7.21. The van der Waals surface area contributed by atoms with E-state index in [0.29, 0.717) is 69.1 Å². The lowest BCUT2D eigenvalue weighted by molar-refractivity contribution is -0.151. The van der Waals surface area contributed by atoms with Crippen molar-refractivity contribution in [1.82, 2.24) is 19.8 Å². The second kappa shape index (κ2) is 11.4. The van der Waals surface area contributed by atoms with Crippen LogP contribution in [0, 0.1) is 0 Å². The van der Waals surface area contributed by atoms with Crippen molar-refractivity contribution in [3.05, 3.63) is 54.0 Å². The van der Waals surface area contributed by atoms with E-state index in [1.165, 1.54) is 4.90 Å². The summed E-state index contributed by atoms with van der Waals surface area (Å²) in [7, 11) is 0. The molecule has 0 radical (unpaired) electrons. The predicted octanol–water partition coefficient (Wildman–Crippen LogP) is 2.74. The molecule has 2 aliphatic heterocycles. The minimum absolute atomic E-state index is 0.0726. The Labute approximate surface area is 218 Å². The minimum atomic E-state index is -1.07. The Morgan fingerprint density at radius 3 is 2.49 bits per heavy atom. The monoisotopic (exact) mass is 510 g/mol. The van der Waals surface area contributed by atoms with E-state index in [9.17, 15) is 14.7 Å². The van der Waals surface area contributed by atoms with Gasteiger partial charge in [-0.1, -0.05) is 32.9 Å². The molecule has 3 N–H and O–H groups in total. The fourth-order valence-electron chi connectivity index (χ4n) is 5.40. The first kappa shape index (κ1) is 26.7. The molecule has 0 bridgehead atoms. The van der Waals surface area contributed by atoms with Crippen molar-refractivity contribution in [2.24, 2.45) is 4.99 Å². The van der Waals surface area contributed by atoms with E-state index in [4.69, 9.17) is 15.1 Å². The van der Waals surface area contributed by atoms with Crippen molar-refractivity contribution in [2.75, 3.05) is 38.5 Å². The van der Waals surface area contributed by atoms with Crippen molar-refractivity contribution in [2.45, 2.75) is 58.2 Å². The number of likely N-dealkylation sites (N-methyl/N-ethyl adjacent to an activating group) is 1. The smallest absolute Gasteiger partial charge is 0.328 e. The number of hydrogen-bond donors (Lipinski definition) is 2. The number of rotatable bonds is 12. The third-order valence-corrected chi connectivity index (χ3v) is 7.21. The number of fused-ring (bicyclic) bond motifs is 1. The summed E-state index contributed by atoms with van der Waals surface area (Å²) < 4.78 is 5.63. The van der Waals surface area contributed by atoms with Crippen LogP contribution in [0.25, 0.3) is 0 Å². The number of carbonyl (C=O) groups excluding carboxylic acids is 2. The number of carbonyl (C=O) groups is 2. The first-order valence-corrected chi connectivity index (χ1v) is 13.1. The van der Waals surface area contributed by atoms with E-state index in [1.54, 1.807) is 11.2 Å². The number of urea groups is 1. The number of benzene rings is 1. The van der Waals surface area contributed by atoms with E-state index >= 15 is 0 Å². The molecule has 1 aromatic carbocycles. The van der Waals surface area contributed by atoms with Gasteiger partial charge in [0.25, 0.3) is 5.91 Å². The summed E-state index contributed by atoms with van der Waals surface area (Å²) >= 11 is 0. The fourth-order valence-corrected chi connectivity index (χ4v) is 5.40. The maximum atomic E-state index is 14.0. The topological polar surface area (TPSA) is 119 Å². The number of aliphatic imine (C=N–C) groups is 1. The predicted molar refractivity (Wildman–Crippen MR) is 141 cm³/mol. The fraction of sp³-hybridized carbons (Fsp3) is 0.519. The van der Waals surface area contributed by atoms with Gasteiger partial charge in [0, 0.05) is 31.9 Å². The highest BCUT2D eigenvalue weighted by Gasteiger charge is 2.62. The highest BCUT2D eigenvalue weighted by molar-refractivity contribution is 6.05. The summed E-state index contributed by atoms with van der Waals surface area (Å²) in [6.07, 6.45) is 3.70. The van der Waals surface area contributed by atoms with Crippen LogP contribution in [0.2, 0.25) is 0 Å². The highest BCUT2D eigenvalue weighted by Crippen LogP contribution is 2.42. The Kier molecular flexibility index (Phi) is 8.19. The Hall–Kier alpha value is -3.37. The maximum Gasteiger partial charge on any atom is 0.328 e. The molecular weight excluding hydrogens is 472 g/mol. The van der Waals surface area contributed by atoms with Crippen molar-refractivity contribution in [3.8, 4) is 0 Å². The second-order valence-electron chi connectivity index (χ2n) is 9.45. The quantitative estimate of drug-likeness (QED) is 0.422. The Morgan fingerprint density at radius 1 is 1.14 bits per heavy atom. The van der Waals surface area contributed by atoms with Gasteiger partial charge in [-0.15, -0.1) is 0 Å². The van der Waals surface area contributed by atoms with Crippen LogP contribution in [0.1, 0.15) is 44.9 Å². The SMILES string of the molecule is CCCN1C(=O)C2N(N(CC)CCO)C(Cc3ccco3)=NC2(CC)N(CCc2ccc(N)cc2)C1=O. The van der Waals surface area contributed by atoms with Crippen LogP contribution in [-0.2, 0) is 17.6 Å². The number of furan rings is 1. The lowest BCUT2D eigenvalue weighted by Gasteiger charge is -2.51. The van der Waals surface area contributed by atoms with Crippen LogP contribution in [0.3, 0.4) is 0 Å². The Morgan fingerprint density at radius 2 is 1.89 bits per heavy atom. The molecule has 0 saturated carbocycles. The van der Waals surface area contributed by atoms with Crippen LogP contribution in [-0.4, -0.2) is 87.2 Å². The largest absolute Gasteiger partial charge is 0.469 e. The summed E-state index contributed by atoms with van der Waals surface area (Å²) in [5.74, 6) is 1.10. The van der Waals surface area contributed by atoms with Gasteiger partial charge in [0.15, 0.2) is 11.7 Å². The van der Waals surface area contributed by atoms with Crippen LogP contribution >= 0.6 is 0 Å². The molecule has 3 heterocycles. The highest BCUT2D eigenvalue weighted by atomic mass is 16.3. The van der Waals surface area contributed by atoms with Crippen molar-refractivity contribution in [3.63, 3.8) is 0 Å². The number of amides is 3. The minimum Gasteiger partial charge on any atom is -0.469 e. The lowest BCUT2D eigenvalue weighted by Crippen LogP contribution is -2.74. The molecule has 2 unspecified atom stereocenters. The summed E-state index contributed by atoms with van der Waals surface area (Å²) in [5, 5.41) is 13.7. The van der Waals surface area contributed by atoms with Gasteiger partial charge in [0.2, 0.25) is 0 Å². The molecule has 1 fully saturated rings. The molecule has 2 aliphatic rings. The lowest BCUT2D eigenvalue weighted by atomic mass is 9.91. The number of nitrogen functional groups attached to an aromatic ring is 1. The van der Waals surface area contributed by atoms with Crippen LogP contribution in [0.5, 0.6) is 0 Å². The molecule has 0 aliphatic carbocycles. The number of amidine groups is 1. The van der Waals surface area contributed by atoms with Crippen LogP contribution in [0.15, 0.2) is 52.1 Å². The van der Waals surface area contributed by atoms with E-state index < -0.39 is 11.7 Å². The van der Waals surface area contributed by atoms with E-state index in [-0.39, 0.29) is 18.5 Å². The van der Waals surface area contributed by atoms with Gasteiger partial charge < -0.3 is 15.3 Å². The van der Waals surface area contributed by atoms with Gasteiger partial charge in [-0.3, -0.25) is 19.6 Å². The third kappa shape index (κ3) is 4.95. The Balaban J connectivity index is 1.79. The van der Waals surface area contributed by atoms with Crippen molar-refractivity contribution in [1.29, 1.82) is 0 Å². The standard InChI is InChI=1S/C27H38N6O4/c1-4-14-31-25(35)24-27(5-2,32(26(31)36)15-13-20-9-11-21(28)12-10-20)29-23(19-22-8-7-18-37-22)33(24)30(6-3)16-17-34/h7-12,18,24,34H,4-6,13-17,19,28H2,1-3H3. The van der Waals surface area contributed by atoms with Gasteiger partial charge in [-0.05, 0) is 49.1 Å². The molecule has 3 amide bonds. The zero-order valence-electron chi connectivity index (χ0n) is 22.0. The molecule has 10 heteroatoms. The molecule has 1 aromatic heterocycles. The van der Waals surface area contributed by atoms with Gasteiger partial charge in [0.1, 0.15) is 11.6 Å². The molecule has 4 rings (SSSR count). The first-order chi connectivity index (χ1) is 17.9. The summed E-state index contributed by atoms with van der Waals surface area (Å²) in [6, 6.07) is 10.3. The van der Waals surface area contributed by atoms with Crippen LogP contribution < -0.4 is 5.73 Å². The zero-order valence-corrected chi connectivity index (χ0v) is 22.0. The maximum absolute atomic E-state index is 14.0. The average Bonchev–Trinajstić information content (AvgIpc) is 3.53. The molecule has 2 atom stereocenters. The molecule has 2 aromatic rings. The normalized spacial score (nSPS) is 21.7. The number of nitrogens with two attached hydrogens (primary N) is 1. The van der Waals surface area contributed by atoms with Crippen molar-refractivity contribution < 1.29 is 19.1 Å². The first-order valence-electron chi connectivity index (χ1n) is 13.1. The number of anilines is 1. The van der Waals surface area contributed by atoms with Crippen LogP contribution in [0.4, 0.5) is 10.5 Å². The van der Waals surface area contributed by atoms with Gasteiger partial charge in [-0.25, -0.2) is 14.8 Å². The van der Waals surface area contributed by atoms with Gasteiger partial charge >= 0.3 is 6.03 Å². The number of nitrogens with zero attached hydrogens (tertiary/aromatic N) is 5. The van der Waals surface area contributed by atoms with Gasteiger partial charge in [0.05, 0.1) is 19.3 Å². The molecule has 0 spiro atoms. The molecule has 37 heavy (non-hydrogen) atoms. The number of hydrazine groups is 1. The zero-order chi connectivity index (χ0) is 26.6. The number of hydrogen-bond acceptors (Lipinski definition) is 8. The molecular formula is C27H38N6O4. The van der Waals surface area contributed by atoms with Crippen molar-refractivity contribution >= 4 is 23.5 Å². The van der Waals surface area contributed by atoms with Gasteiger partial charge in [-0.2, -0.15) is 0 Å². The summed E-state index contributed by atoms with van der Waals surface area (Å²) in [4.78, 5) is 36.2. The second-order valence-corrected chi connectivity index (χ2v) is 9.45. The number of aliphatic hydroxyl groups is 1. The average molecular weight is 511 g/mol. The number of aliphatic hydroxyl groups excluding tert-OH is 1. The van der Waals surface area contributed by atoms with E-state index in [1.807, 2.05) is 67.2 Å². The summed E-state index contributed by atoms with van der Waals surface area (Å²) in [6.45, 7) is 7.47. The molecule has 10 nitrogen and oxygen atoms in total. The summed E-state index contributed by atoms with van der Waals surface area (Å²) in [5.41, 5.74) is 6.52. The van der Waals surface area contributed by atoms with E-state index in [0.717, 1.165) is 5.56 Å². The van der Waals surface area contributed by atoms with E-state index in [2.05, 4.69) is 0 Å². The number of imide groups is 1.